The van der Waals surface area contributed by atoms with E-state index in [0.29, 0.717) is 5.69 Å². The van der Waals surface area contributed by atoms with Gasteiger partial charge in [-0.25, -0.2) is 0 Å². The number of nitrogen functional groups attached to an aromatic ring is 1. The number of hydrogen-bond acceptors (Lipinski definition) is 2. The maximum Gasteiger partial charge on any atom is 0.417 e. The third-order valence-corrected chi connectivity index (χ3v) is 2.87. The Hall–Kier alpha value is -1.98. The van der Waals surface area contributed by atoms with Crippen molar-refractivity contribution < 1.29 is 13.2 Å². The Balaban J connectivity index is 2.70. The van der Waals surface area contributed by atoms with Gasteiger partial charge in [0.05, 0.1) is 16.8 Å². The van der Waals surface area contributed by atoms with E-state index in [4.69, 9.17) is 5.73 Å². The number of benzene rings is 1. The molecule has 1 aromatic heterocycles. The molecule has 0 saturated heterocycles. The fourth-order valence-electron chi connectivity index (χ4n) is 2.06. The van der Waals surface area contributed by atoms with Gasteiger partial charge in [-0.2, -0.15) is 18.3 Å². The number of hydrogen-bond donors (Lipinski definition) is 1. The maximum absolute atomic E-state index is 13.1. The molecular weight excluding hydrogens is 267 g/mol. The topological polar surface area (TPSA) is 43.8 Å². The molecule has 2 aromatic rings. The molecule has 2 N–H and O–H groups in total. The Labute approximate surface area is 115 Å². The highest BCUT2D eigenvalue weighted by molar-refractivity contribution is 5.67. The van der Waals surface area contributed by atoms with Crippen LogP contribution < -0.4 is 5.73 Å². The number of alkyl halides is 3. The molecule has 0 atom stereocenters. The monoisotopic (exact) mass is 283 g/mol. The minimum Gasteiger partial charge on any atom is -0.382 e. The average Bonchev–Trinajstić information content (AvgIpc) is 2.70. The van der Waals surface area contributed by atoms with Crippen LogP contribution in [0, 0.1) is 0 Å². The fourth-order valence-corrected chi connectivity index (χ4v) is 2.06. The first-order valence-electron chi connectivity index (χ1n) is 6.13. The van der Waals surface area contributed by atoms with Crippen LogP contribution in [-0.2, 0) is 11.7 Å². The smallest absolute Gasteiger partial charge is 0.382 e. The normalized spacial score (nSPS) is 12.7. The zero-order chi connectivity index (χ0) is 15.1. The van der Waals surface area contributed by atoms with E-state index in [2.05, 4.69) is 5.10 Å². The molecule has 0 aliphatic heterocycles. The molecule has 6 heteroatoms. The molecule has 20 heavy (non-hydrogen) atoms. The van der Waals surface area contributed by atoms with Gasteiger partial charge in [-0.1, -0.05) is 18.2 Å². The molecule has 0 bridgehead atoms. The largest absolute Gasteiger partial charge is 0.417 e. The molecule has 2 rings (SSSR count). The third kappa shape index (κ3) is 2.64. The van der Waals surface area contributed by atoms with Gasteiger partial charge < -0.3 is 5.73 Å². The third-order valence-electron chi connectivity index (χ3n) is 2.87. The number of halogens is 3. The van der Waals surface area contributed by atoms with E-state index in [1.165, 1.54) is 22.9 Å². The highest BCUT2D eigenvalue weighted by atomic mass is 19.4. The summed E-state index contributed by atoms with van der Waals surface area (Å²) in [7, 11) is 0. The summed E-state index contributed by atoms with van der Waals surface area (Å²) in [5, 5.41) is 4.11. The molecule has 0 amide bonds. The summed E-state index contributed by atoms with van der Waals surface area (Å²) in [6.07, 6.45) is -4.42. The van der Waals surface area contributed by atoms with Crippen molar-refractivity contribution in [2.24, 2.45) is 0 Å². The Morgan fingerprint density at radius 2 is 1.70 bits per heavy atom. The van der Waals surface area contributed by atoms with Crippen molar-refractivity contribution in [3.8, 4) is 11.3 Å². The molecule has 0 fully saturated rings. The molecule has 1 aromatic carbocycles. The first-order valence-corrected chi connectivity index (χ1v) is 6.13. The Morgan fingerprint density at radius 3 is 2.25 bits per heavy atom. The maximum atomic E-state index is 13.1. The van der Waals surface area contributed by atoms with E-state index >= 15 is 0 Å². The van der Waals surface area contributed by atoms with Crippen LogP contribution in [0.3, 0.4) is 0 Å². The van der Waals surface area contributed by atoms with Gasteiger partial charge in [-0.15, -0.1) is 0 Å². The predicted octanol–water partition coefficient (Wildman–Crippen LogP) is 3.91. The van der Waals surface area contributed by atoms with E-state index in [-0.39, 0.29) is 11.4 Å². The van der Waals surface area contributed by atoms with Crippen LogP contribution in [0.25, 0.3) is 11.3 Å². The van der Waals surface area contributed by atoms with E-state index in [9.17, 15) is 13.2 Å². The van der Waals surface area contributed by atoms with Gasteiger partial charge in [-0.3, -0.25) is 4.68 Å². The molecule has 0 aliphatic carbocycles. The Morgan fingerprint density at radius 1 is 1.10 bits per heavy atom. The zero-order valence-corrected chi connectivity index (χ0v) is 11.5. The first kappa shape index (κ1) is 14.4. The zero-order valence-electron chi connectivity index (χ0n) is 11.5. The summed E-state index contributed by atoms with van der Waals surface area (Å²) in [5.74, 6) is 0.201. The van der Waals surface area contributed by atoms with Crippen molar-refractivity contribution in [1.29, 1.82) is 0 Å². The summed E-state index contributed by atoms with van der Waals surface area (Å²) in [6, 6.07) is 6.90. The Bertz CT molecular complexity index is 621. The second-order valence-corrected chi connectivity index (χ2v) is 5.58. The predicted molar refractivity (Wildman–Crippen MR) is 72.1 cm³/mol. The van der Waals surface area contributed by atoms with Crippen LogP contribution in [0.4, 0.5) is 19.0 Å². The molecule has 0 aliphatic rings. The van der Waals surface area contributed by atoms with Crippen molar-refractivity contribution in [1.82, 2.24) is 9.78 Å². The average molecular weight is 283 g/mol. The molecule has 108 valence electrons. The number of rotatable bonds is 1. The molecule has 1 heterocycles. The number of nitrogens with two attached hydrogens (primary N) is 1. The minimum atomic E-state index is -4.42. The van der Waals surface area contributed by atoms with Crippen LogP contribution in [0.1, 0.15) is 26.3 Å². The van der Waals surface area contributed by atoms with E-state index < -0.39 is 17.3 Å². The van der Waals surface area contributed by atoms with Crippen LogP contribution in [0.15, 0.2) is 30.3 Å². The van der Waals surface area contributed by atoms with Gasteiger partial charge in [-0.05, 0) is 26.8 Å². The summed E-state index contributed by atoms with van der Waals surface area (Å²) in [5.41, 5.74) is 4.95. The van der Waals surface area contributed by atoms with Gasteiger partial charge in [0.2, 0.25) is 0 Å². The fraction of sp³-hybridized carbons (Fsp3) is 0.357. The summed E-state index contributed by atoms with van der Waals surface area (Å²) >= 11 is 0. The van der Waals surface area contributed by atoms with Gasteiger partial charge in [0, 0.05) is 11.6 Å². The number of aromatic nitrogens is 2. The van der Waals surface area contributed by atoms with Gasteiger partial charge in [0.25, 0.3) is 0 Å². The molecular formula is C14H16F3N3. The van der Waals surface area contributed by atoms with E-state index in [0.717, 1.165) is 6.07 Å². The lowest BCUT2D eigenvalue weighted by Crippen LogP contribution is -2.24. The second-order valence-electron chi connectivity index (χ2n) is 5.58. The van der Waals surface area contributed by atoms with Crippen LogP contribution in [-0.4, -0.2) is 9.78 Å². The summed E-state index contributed by atoms with van der Waals surface area (Å²) in [4.78, 5) is 0. The van der Waals surface area contributed by atoms with Crippen LogP contribution in [0.5, 0.6) is 0 Å². The van der Waals surface area contributed by atoms with Crippen molar-refractivity contribution in [3.63, 3.8) is 0 Å². The van der Waals surface area contributed by atoms with Crippen molar-refractivity contribution in [2.45, 2.75) is 32.5 Å². The summed E-state index contributed by atoms with van der Waals surface area (Å²) in [6.45, 7) is 5.58. The lowest BCUT2D eigenvalue weighted by atomic mass is 10.0. The number of anilines is 1. The number of nitrogens with zero attached hydrogens (tertiary/aromatic N) is 2. The molecule has 0 spiro atoms. The van der Waals surface area contributed by atoms with Crippen molar-refractivity contribution in [3.05, 3.63) is 35.9 Å². The quantitative estimate of drug-likeness (QED) is 0.862. The summed E-state index contributed by atoms with van der Waals surface area (Å²) < 4.78 is 40.8. The standard InChI is InChI=1S/C14H16F3N3/c1-13(2,3)20-11(8-12(18)19-20)9-6-4-5-7-10(9)14(15,16)17/h4-8H,1-3H3,(H2,18,19). The highest BCUT2D eigenvalue weighted by Crippen LogP contribution is 2.38. The lowest BCUT2D eigenvalue weighted by Gasteiger charge is -2.23. The van der Waals surface area contributed by atoms with Crippen molar-refractivity contribution in [2.75, 3.05) is 5.73 Å². The molecule has 3 nitrogen and oxygen atoms in total. The minimum absolute atomic E-state index is 0.0825. The van der Waals surface area contributed by atoms with Crippen LogP contribution >= 0.6 is 0 Å². The van der Waals surface area contributed by atoms with E-state index in [1.807, 2.05) is 20.8 Å². The van der Waals surface area contributed by atoms with Gasteiger partial charge in [0.15, 0.2) is 0 Å². The molecule has 0 unspecified atom stereocenters. The van der Waals surface area contributed by atoms with Gasteiger partial charge in [0.1, 0.15) is 5.82 Å². The van der Waals surface area contributed by atoms with Crippen LogP contribution in [0.2, 0.25) is 0 Å². The van der Waals surface area contributed by atoms with E-state index in [1.54, 1.807) is 6.07 Å². The lowest BCUT2D eigenvalue weighted by molar-refractivity contribution is -0.137. The second kappa shape index (κ2) is 4.54. The van der Waals surface area contributed by atoms with Crippen molar-refractivity contribution >= 4 is 5.82 Å². The Kier molecular flexibility index (Phi) is 3.28. The SMILES string of the molecule is CC(C)(C)n1nc(N)cc1-c1ccccc1C(F)(F)F. The first-order chi connectivity index (χ1) is 9.10. The van der Waals surface area contributed by atoms with Gasteiger partial charge >= 0.3 is 6.18 Å². The molecule has 0 radical (unpaired) electrons. The highest BCUT2D eigenvalue weighted by Gasteiger charge is 2.35. The molecule has 0 saturated carbocycles.